The first-order valence-corrected chi connectivity index (χ1v) is 9.78. The summed E-state index contributed by atoms with van der Waals surface area (Å²) in [6.45, 7) is 0.743. The normalized spacial score (nSPS) is 26.5. The minimum absolute atomic E-state index is 0.140. The van der Waals surface area contributed by atoms with Crippen molar-refractivity contribution in [1.29, 1.82) is 0 Å². The summed E-state index contributed by atoms with van der Waals surface area (Å²) in [6.07, 6.45) is 2.08. The molecule has 1 saturated heterocycles. The van der Waals surface area contributed by atoms with E-state index in [1.807, 2.05) is 0 Å². The average Bonchev–Trinajstić information content (AvgIpc) is 3.00. The zero-order chi connectivity index (χ0) is 17.5. The summed E-state index contributed by atoms with van der Waals surface area (Å²) in [5.41, 5.74) is 0.140. The van der Waals surface area contributed by atoms with Gasteiger partial charge in [0.2, 0.25) is 15.9 Å². The summed E-state index contributed by atoms with van der Waals surface area (Å²) >= 11 is 0. The van der Waals surface area contributed by atoms with Gasteiger partial charge in [0.15, 0.2) is 0 Å². The summed E-state index contributed by atoms with van der Waals surface area (Å²) < 4.78 is 38.4. The van der Waals surface area contributed by atoms with Gasteiger partial charge in [-0.05, 0) is 42.9 Å². The van der Waals surface area contributed by atoms with Gasteiger partial charge < -0.3 is 10.0 Å². The first-order valence-electron chi connectivity index (χ1n) is 7.93. The highest BCUT2D eigenvalue weighted by molar-refractivity contribution is 7.92. The summed E-state index contributed by atoms with van der Waals surface area (Å²) in [7, 11) is -3.71. The number of amides is 1. The van der Waals surface area contributed by atoms with Gasteiger partial charge in [-0.15, -0.1) is 0 Å². The monoisotopic (exact) mass is 356 g/mol. The van der Waals surface area contributed by atoms with Crippen LogP contribution >= 0.6 is 0 Å². The summed E-state index contributed by atoms with van der Waals surface area (Å²) in [6, 6.07) is 5.20. The molecule has 1 aliphatic heterocycles. The number of halogens is 1. The van der Waals surface area contributed by atoms with E-state index in [9.17, 15) is 22.7 Å². The van der Waals surface area contributed by atoms with Crippen LogP contribution in [0.4, 0.5) is 10.1 Å². The second kappa shape index (κ2) is 6.33. The Kier molecular flexibility index (Phi) is 4.52. The fourth-order valence-corrected chi connectivity index (χ4v) is 4.57. The lowest BCUT2D eigenvalue weighted by molar-refractivity contribution is -0.128. The Morgan fingerprint density at radius 2 is 1.96 bits per heavy atom. The zero-order valence-electron chi connectivity index (χ0n) is 13.4. The smallest absolute Gasteiger partial charge is 0.243 e. The van der Waals surface area contributed by atoms with Crippen LogP contribution < -0.4 is 4.31 Å². The van der Waals surface area contributed by atoms with Crippen molar-refractivity contribution >= 4 is 21.6 Å². The van der Waals surface area contributed by atoms with Gasteiger partial charge in [0.1, 0.15) is 12.4 Å². The molecular weight excluding hydrogens is 335 g/mol. The van der Waals surface area contributed by atoms with Gasteiger partial charge in [-0.25, -0.2) is 12.8 Å². The molecule has 6 nitrogen and oxygen atoms in total. The van der Waals surface area contributed by atoms with Gasteiger partial charge >= 0.3 is 0 Å². The van der Waals surface area contributed by atoms with Gasteiger partial charge in [0.05, 0.1) is 18.0 Å². The van der Waals surface area contributed by atoms with Crippen molar-refractivity contribution in [1.82, 2.24) is 4.90 Å². The van der Waals surface area contributed by atoms with Crippen molar-refractivity contribution in [3.8, 4) is 0 Å². The van der Waals surface area contributed by atoms with Crippen molar-refractivity contribution in [3.63, 3.8) is 0 Å². The fourth-order valence-electron chi connectivity index (χ4n) is 3.73. The molecule has 0 radical (unpaired) electrons. The highest BCUT2D eigenvalue weighted by Crippen LogP contribution is 2.38. The maximum atomic E-state index is 13.4. The molecule has 2 fully saturated rings. The number of hydrogen-bond acceptors (Lipinski definition) is 4. The van der Waals surface area contributed by atoms with E-state index in [1.165, 1.54) is 18.2 Å². The molecule has 1 aromatic rings. The lowest BCUT2D eigenvalue weighted by Crippen LogP contribution is -2.42. The van der Waals surface area contributed by atoms with Crippen LogP contribution in [0.2, 0.25) is 0 Å². The molecular formula is C16H21FN2O4S. The first kappa shape index (κ1) is 17.2. The van der Waals surface area contributed by atoms with Crippen molar-refractivity contribution in [3.05, 3.63) is 30.1 Å². The number of anilines is 1. The predicted molar refractivity (Wildman–Crippen MR) is 87.4 cm³/mol. The molecule has 0 aromatic heterocycles. The van der Waals surface area contributed by atoms with E-state index in [4.69, 9.17) is 0 Å². The lowest BCUT2D eigenvalue weighted by atomic mass is 10.0. The van der Waals surface area contributed by atoms with E-state index in [-0.39, 0.29) is 36.1 Å². The summed E-state index contributed by atoms with van der Waals surface area (Å²) in [5, 5.41) is 9.66. The number of rotatable bonds is 4. The molecule has 3 rings (SSSR count). The molecule has 1 heterocycles. The Labute approximate surface area is 140 Å². The third-order valence-electron chi connectivity index (χ3n) is 4.85. The quantitative estimate of drug-likeness (QED) is 0.866. The molecule has 0 spiro atoms. The predicted octanol–water partition coefficient (Wildman–Crippen LogP) is 0.821. The number of aliphatic hydroxyl groups is 1. The molecule has 24 heavy (non-hydrogen) atoms. The highest BCUT2D eigenvalue weighted by atomic mass is 32.2. The van der Waals surface area contributed by atoms with Crippen molar-refractivity contribution in [2.75, 3.05) is 30.2 Å². The molecule has 1 unspecified atom stereocenters. The topological polar surface area (TPSA) is 77.9 Å². The first-order chi connectivity index (χ1) is 11.2. The minimum atomic E-state index is -3.71. The number of fused-ring (bicyclic) bond motifs is 1. The number of benzene rings is 1. The second-order valence-corrected chi connectivity index (χ2v) is 8.60. The van der Waals surface area contributed by atoms with Crippen LogP contribution in [0.5, 0.6) is 0 Å². The zero-order valence-corrected chi connectivity index (χ0v) is 14.2. The fraction of sp³-hybridized carbons (Fsp3) is 0.562. The molecule has 3 atom stereocenters. The molecule has 1 N–H and O–H groups in total. The number of carbonyl (C=O) groups excluding carboxylic acids is 1. The van der Waals surface area contributed by atoms with Gasteiger partial charge in [-0.3, -0.25) is 9.10 Å². The van der Waals surface area contributed by atoms with Crippen LogP contribution in [0.3, 0.4) is 0 Å². The number of nitrogens with zero attached hydrogens (tertiary/aromatic N) is 2. The Morgan fingerprint density at radius 1 is 1.33 bits per heavy atom. The van der Waals surface area contributed by atoms with Crippen LogP contribution in [0.15, 0.2) is 24.3 Å². The molecule has 1 aliphatic carbocycles. The molecule has 8 heteroatoms. The molecule has 132 valence electrons. The standard InChI is InChI=1S/C16H21FN2O4S/c1-24(22,23)19(14-4-2-3-13(17)7-14)10-16(21)18-8-11-5-15(20)6-12(11)9-18/h2-4,7,11-12,15,20H,5-6,8-10H2,1H3/t11-,12+,15?. The summed E-state index contributed by atoms with van der Waals surface area (Å²) in [5.74, 6) is -0.290. The minimum Gasteiger partial charge on any atom is -0.393 e. The molecule has 1 amide bonds. The second-order valence-electron chi connectivity index (χ2n) is 6.69. The van der Waals surface area contributed by atoms with Crippen molar-refractivity contribution in [2.24, 2.45) is 11.8 Å². The molecule has 1 aromatic carbocycles. The molecule has 1 saturated carbocycles. The number of aliphatic hydroxyl groups excluding tert-OH is 1. The van der Waals surface area contributed by atoms with E-state index in [1.54, 1.807) is 4.90 Å². The number of sulfonamides is 1. The van der Waals surface area contributed by atoms with Crippen molar-refractivity contribution < 1.29 is 22.7 Å². The van der Waals surface area contributed by atoms with E-state index in [0.29, 0.717) is 25.9 Å². The van der Waals surface area contributed by atoms with Crippen LogP contribution in [0.1, 0.15) is 12.8 Å². The maximum Gasteiger partial charge on any atom is 0.243 e. The lowest BCUT2D eigenvalue weighted by Gasteiger charge is -2.25. The number of carbonyl (C=O) groups is 1. The van der Waals surface area contributed by atoms with E-state index in [0.717, 1.165) is 16.6 Å². The van der Waals surface area contributed by atoms with Gasteiger partial charge in [-0.2, -0.15) is 0 Å². The van der Waals surface area contributed by atoms with Crippen LogP contribution in [-0.4, -0.2) is 56.3 Å². The van der Waals surface area contributed by atoms with Gasteiger partial charge in [0.25, 0.3) is 0 Å². The molecule has 0 bridgehead atoms. The van der Waals surface area contributed by atoms with Crippen LogP contribution in [-0.2, 0) is 14.8 Å². The van der Waals surface area contributed by atoms with Gasteiger partial charge in [-0.1, -0.05) is 6.07 Å². The molecule has 2 aliphatic rings. The average molecular weight is 356 g/mol. The SMILES string of the molecule is CS(=O)(=O)N(CC(=O)N1C[C@H]2CC(O)C[C@H]2C1)c1cccc(F)c1. The Bertz CT molecular complexity index is 725. The van der Waals surface area contributed by atoms with Gasteiger partial charge in [0, 0.05) is 13.1 Å². The Hall–Kier alpha value is -1.67. The Balaban J connectivity index is 1.73. The number of hydrogen-bond donors (Lipinski definition) is 1. The van der Waals surface area contributed by atoms with Crippen LogP contribution in [0.25, 0.3) is 0 Å². The van der Waals surface area contributed by atoms with E-state index < -0.39 is 15.8 Å². The summed E-state index contributed by atoms with van der Waals surface area (Å²) in [4.78, 5) is 14.2. The van der Waals surface area contributed by atoms with E-state index in [2.05, 4.69) is 0 Å². The van der Waals surface area contributed by atoms with Crippen LogP contribution in [0, 0.1) is 17.7 Å². The van der Waals surface area contributed by atoms with Crippen molar-refractivity contribution in [2.45, 2.75) is 18.9 Å². The third kappa shape index (κ3) is 3.54. The Morgan fingerprint density at radius 3 is 2.50 bits per heavy atom. The largest absolute Gasteiger partial charge is 0.393 e. The third-order valence-corrected chi connectivity index (χ3v) is 5.99. The number of likely N-dealkylation sites (tertiary alicyclic amines) is 1. The van der Waals surface area contributed by atoms with E-state index >= 15 is 0 Å². The maximum absolute atomic E-state index is 13.4. The highest BCUT2D eigenvalue weighted by Gasteiger charge is 2.42.